The predicted molar refractivity (Wildman–Crippen MR) is 66.0 cm³/mol. The summed E-state index contributed by atoms with van der Waals surface area (Å²) in [5.41, 5.74) is 0.766. The van der Waals surface area contributed by atoms with Gasteiger partial charge < -0.3 is 15.7 Å². The zero-order valence-corrected chi connectivity index (χ0v) is 10.8. The molecule has 3 N–H and O–H groups in total. The van der Waals surface area contributed by atoms with Gasteiger partial charge in [0.15, 0.2) is 0 Å². The van der Waals surface area contributed by atoms with Gasteiger partial charge in [0.1, 0.15) is 11.9 Å². The molecule has 0 aliphatic carbocycles. The van der Waals surface area contributed by atoms with Crippen LogP contribution in [-0.2, 0) is 11.2 Å². The molecule has 0 aromatic heterocycles. The van der Waals surface area contributed by atoms with Crippen LogP contribution in [0.25, 0.3) is 0 Å². The maximum Gasteiger partial charge on any atom is 0.405 e. The molecule has 0 fully saturated rings. The fraction of sp³-hybridized carbons (Fsp3) is 0.273. The average Bonchev–Trinajstić information content (AvgIpc) is 2.38. The number of hydrogen-bond acceptors (Lipinski definition) is 2. The van der Waals surface area contributed by atoms with Gasteiger partial charge in [-0.25, -0.2) is 9.18 Å². The van der Waals surface area contributed by atoms with Gasteiger partial charge >= 0.3 is 6.09 Å². The summed E-state index contributed by atoms with van der Waals surface area (Å²) in [4.78, 5) is 22.3. The van der Waals surface area contributed by atoms with Crippen LogP contribution in [0, 0.1) is 5.82 Å². The second-order valence-electron chi connectivity index (χ2n) is 3.94. The van der Waals surface area contributed by atoms with Crippen molar-refractivity contribution in [2.24, 2.45) is 0 Å². The molecule has 1 heterocycles. The van der Waals surface area contributed by atoms with E-state index in [1.807, 2.05) is 0 Å². The third-order valence-corrected chi connectivity index (χ3v) is 3.17. The molecular weight excluding hydrogens is 307 g/mol. The first kappa shape index (κ1) is 12.8. The molecule has 5 nitrogen and oxygen atoms in total. The standard InChI is InChI=1S/C11H10BrFN2O3/c12-5-3-7(13)6-1-2-8(15-11(17)18)10(16)14-9(6)4-5/h3-4,8,15H,1-2H2,(H,14,16)(H,17,18)/t8-/m0/s1. The smallest absolute Gasteiger partial charge is 0.405 e. The summed E-state index contributed by atoms with van der Waals surface area (Å²) >= 11 is 3.14. The summed E-state index contributed by atoms with van der Waals surface area (Å²) in [7, 11) is 0. The van der Waals surface area contributed by atoms with Gasteiger partial charge in [-0.05, 0) is 25.0 Å². The largest absolute Gasteiger partial charge is 0.465 e. The Kier molecular flexibility index (Phi) is 3.51. The quantitative estimate of drug-likeness (QED) is 0.742. The van der Waals surface area contributed by atoms with Crippen molar-refractivity contribution >= 4 is 33.6 Å². The van der Waals surface area contributed by atoms with Crippen molar-refractivity contribution in [1.29, 1.82) is 0 Å². The number of amides is 2. The molecule has 2 amide bonds. The third kappa shape index (κ3) is 2.61. The number of carbonyl (C=O) groups is 2. The molecule has 1 aromatic carbocycles. The highest BCUT2D eigenvalue weighted by molar-refractivity contribution is 9.10. The van der Waals surface area contributed by atoms with Crippen molar-refractivity contribution in [3.63, 3.8) is 0 Å². The van der Waals surface area contributed by atoms with Crippen LogP contribution in [0.2, 0.25) is 0 Å². The van der Waals surface area contributed by atoms with Gasteiger partial charge in [-0.2, -0.15) is 0 Å². The molecule has 0 unspecified atom stereocenters. The first-order valence-corrected chi connectivity index (χ1v) is 6.05. The van der Waals surface area contributed by atoms with Crippen LogP contribution in [0.15, 0.2) is 16.6 Å². The summed E-state index contributed by atoms with van der Waals surface area (Å²) in [6.07, 6.45) is -0.760. The van der Waals surface area contributed by atoms with Crippen molar-refractivity contribution in [2.75, 3.05) is 5.32 Å². The van der Waals surface area contributed by atoms with Gasteiger partial charge in [-0.15, -0.1) is 0 Å². The monoisotopic (exact) mass is 316 g/mol. The fourth-order valence-corrected chi connectivity index (χ4v) is 2.33. The number of anilines is 1. The molecule has 0 saturated heterocycles. The van der Waals surface area contributed by atoms with E-state index in [9.17, 15) is 14.0 Å². The number of carbonyl (C=O) groups excluding carboxylic acids is 1. The van der Waals surface area contributed by atoms with E-state index in [0.717, 1.165) is 0 Å². The molecule has 1 atom stereocenters. The maximum atomic E-state index is 13.7. The van der Waals surface area contributed by atoms with E-state index in [-0.39, 0.29) is 12.8 Å². The Morgan fingerprint density at radius 2 is 2.28 bits per heavy atom. The lowest BCUT2D eigenvalue weighted by Gasteiger charge is -2.12. The molecule has 96 valence electrons. The van der Waals surface area contributed by atoms with Crippen LogP contribution in [0.3, 0.4) is 0 Å². The Hall–Kier alpha value is -1.63. The highest BCUT2D eigenvalue weighted by Gasteiger charge is 2.26. The number of rotatable bonds is 1. The van der Waals surface area contributed by atoms with E-state index in [1.165, 1.54) is 6.07 Å². The van der Waals surface area contributed by atoms with E-state index in [0.29, 0.717) is 15.7 Å². The average molecular weight is 317 g/mol. The zero-order valence-electron chi connectivity index (χ0n) is 9.17. The van der Waals surface area contributed by atoms with Gasteiger partial charge in [-0.1, -0.05) is 15.9 Å². The van der Waals surface area contributed by atoms with Gasteiger partial charge in [0.2, 0.25) is 5.91 Å². The van der Waals surface area contributed by atoms with Crippen LogP contribution in [0.1, 0.15) is 12.0 Å². The molecule has 1 aromatic rings. The van der Waals surface area contributed by atoms with Crippen LogP contribution >= 0.6 is 15.9 Å². The highest BCUT2D eigenvalue weighted by atomic mass is 79.9. The normalized spacial score (nSPS) is 18.6. The van der Waals surface area contributed by atoms with Crippen LogP contribution in [-0.4, -0.2) is 23.1 Å². The van der Waals surface area contributed by atoms with E-state index in [4.69, 9.17) is 5.11 Å². The Balaban J connectivity index is 2.30. The summed E-state index contributed by atoms with van der Waals surface area (Å²) in [6, 6.07) is 2.04. The number of fused-ring (bicyclic) bond motifs is 1. The second-order valence-corrected chi connectivity index (χ2v) is 4.86. The lowest BCUT2D eigenvalue weighted by molar-refractivity contribution is -0.118. The van der Waals surface area contributed by atoms with Crippen molar-refractivity contribution < 1.29 is 19.1 Å². The maximum absolute atomic E-state index is 13.7. The third-order valence-electron chi connectivity index (χ3n) is 2.72. The number of nitrogens with one attached hydrogen (secondary N) is 2. The SMILES string of the molecule is O=C(O)N[C@H]1CCc2c(F)cc(Br)cc2NC1=O. The van der Waals surface area contributed by atoms with Crippen LogP contribution < -0.4 is 10.6 Å². The number of benzene rings is 1. The van der Waals surface area contributed by atoms with Gasteiger partial charge in [0.05, 0.1) is 0 Å². The Bertz CT molecular complexity index is 521. The molecular formula is C11H10BrFN2O3. The fourth-order valence-electron chi connectivity index (χ4n) is 1.90. The summed E-state index contributed by atoms with van der Waals surface area (Å²) in [6.45, 7) is 0. The minimum atomic E-state index is -1.28. The van der Waals surface area contributed by atoms with Crippen molar-refractivity contribution in [2.45, 2.75) is 18.9 Å². The lowest BCUT2D eigenvalue weighted by atomic mass is 10.1. The molecule has 0 saturated carbocycles. The highest BCUT2D eigenvalue weighted by Crippen LogP contribution is 2.28. The van der Waals surface area contributed by atoms with Gasteiger partial charge in [-0.3, -0.25) is 4.79 Å². The molecule has 1 aliphatic rings. The van der Waals surface area contributed by atoms with E-state index in [1.54, 1.807) is 6.07 Å². The van der Waals surface area contributed by atoms with E-state index in [2.05, 4.69) is 26.6 Å². The van der Waals surface area contributed by atoms with Crippen molar-refractivity contribution in [1.82, 2.24) is 5.32 Å². The topological polar surface area (TPSA) is 78.4 Å². The molecule has 0 bridgehead atoms. The predicted octanol–water partition coefficient (Wildman–Crippen LogP) is 2.11. The second kappa shape index (κ2) is 4.93. The van der Waals surface area contributed by atoms with Gasteiger partial charge in [0.25, 0.3) is 0 Å². The van der Waals surface area contributed by atoms with Crippen molar-refractivity contribution in [3.8, 4) is 0 Å². The molecule has 7 heteroatoms. The summed E-state index contributed by atoms with van der Waals surface area (Å²) < 4.78 is 14.2. The first-order valence-electron chi connectivity index (χ1n) is 5.25. The number of halogens is 2. The first-order chi connectivity index (χ1) is 8.47. The number of carboxylic acid groups (broad SMARTS) is 1. The van der Waals surface area contributed by atoms with Gasteiger partial charge in [0, 0.05) is 15.7 Å². The summed E-state index contributed by atoms with van der Waals surface area (Å²) in [5, 5.41) is 13.3. The Morgan fingerprint density at radius 3 is 2.94 bits per heavy atom. The van der Waals surface area contributed by atoms with Crippen LogP contribution in [0.4, 0.5) is 14.9 Å². The van der Waals surface area contributed by atoms with E-state index < -0.39 is 23.9 Å². The molecule has 0 radical (unpaired) electrons. The molecule has 2 rings (SSSR count). The lowest BCUT2D eigenvalue weighted by Crippen LogP contribution is -2.42. The molecule has 18 heavy (non-hydrogen) atoms. The summed E-state index contributed by atoms with van der Waals surface area (Å²) in [5.74, 6) is -0.899. The molecule has 1 aliphatic heterocycles. The minimum Gasteiger partial charge on any atom is -0.465 e. The van der Waals surface area contributed by atoms with E-state index >= 15 is 0 Å². The Labute approximate surface area is 111 Å². The van der Waals surface area contributed by atoms with Crippen LogP contribution in [0.5, 0.6) is 0 Å². The minimum absolute atomic E-state index is 0.226. The molecule has 0 spiro atoms. The van der Waals surface area contributed by atoms with Crippen molar-refractivity contribution in [3.05, 3.63) is 28.0 Å². The Morgan fingerprint density at radius 1 is 1.56 bits per heavy atom. The number of hydrogen-bond donors (Lipinski definition) is 3. The zero-order chi connectivity index (χ0) is 13.3.